The SMILES string of the molecule is CC1CC(NCC2CCCCC2O)CC(C)O1. The Kier molecular flexibility index (Phi) is 4.83. The highest BCUT2D eigenvalue weighted by Gasteiger charge is 2.27. The van der Waals surface area contributed by atoms with E-state index in [1.165, 1.54) is 19.3 Å². The average Bonchev–Trinajstić information content (AvgIpc) is 2.27. The Hall–Kier alpha value is -0.120. The normalized spacial score (nSPS) is 43.6. The molecule has 0 aromatic heterocycles. The number of nitrogens with one attached hydrogen (secondary N) is 1. The third-order valence-corrected chi connectivity index (χ3v) is 4.24. The number of aliphatic hydroxyl groups excluding tert-OH is 1. The summed E-state index contributed by atoms with van der Waals surface area (Å²) >= 11 is 0. The fourth-order valence-corrected chi connectivity index (χ4v) is 3.32. The minimum Gasteiger partial charge on any atom is -0.393 e. The Morgan fingerprint density at radius 1 is 1.12 bits per heavy atom. The summed E-state index contributed by atoms with van der Waals surface area (Å²) in [6.07, 6.45) is 7.52. The first-order valence-corrected chi connectivity index (χ1v) is 7.22. The lowest BCUT2D eigenvalue weighted by Gasteiger charge is -2.35. The summed E-state index contributed by atoms with van der Waals surface area (Å²) < 4.78 is 5.74. The van der Waals surface area contributed by atoms with E-state index >= 15 is 0 Å². The fraction of sp³-hybridized carbons (Fsp3) is 1.00. The highest BCUT2D eigenvalue weighted by Crippen LogP contribution is 2.25. The summed E-state index contributed by atoms with van der Waals surface area (Å²) in [7, 11) is 0. The zero-order valence-corrected chi connectivity index (χ0v) is 11.2. The van der Waals surface area contributed by atoms with Crippen LogP contribution in [0, 0.1) is 5.92 Å². The molecular formula is C14H27NO2. The Balaban J connectivity index is 1.73. The van der Waals surface area contributed by atoms with Crippen molar-refractivity contribution >= 4 is 0 Å². The van der Waals surface area contributed by atoms with Crippen LogP contribution in [0.25, 0.3) is 0 Å². The topological polar surface area (TPSA) is 41.5 Å². The van der Waals surface area contributed by atoms with Gasteiger partial charge in [-0.05, 0) is 45.4 Å². The lowest BCUT2D eigenvalue weighted by atomic mass is 9.86. The number of hydrogen-bond donors (Lipinski definition) is 2. The molecule has 2 aliphatic rings. The Bertz CT molecular complexity index is 224. The summed E-state index contributed by atoms with van der Waals surface area (Å²) in [6.45, 7) is 5.28. The maximum atomic E-state index is 9.94. The van der Waals surface area contributed by atoms with Crippen LogP contribution in [0.4, 0.5) is 0 Å². The molecule has 3 nitrogen and oxygen atoms in total. The second-order valence-corrected chi connectivity index (χ2v) is 5.95. The molecule has 0 spiro atoms. The maximum absolute atomic E-state index is 9.94. The molecule has 0 aromatic carbocycles. The van der Waals surface area contributed by atoms with Gasteiger partial charge in [0.1, 0.15) is 0 Å². The molecule has 0 bridgehead atoms. The van der Waals surface area contributed by atoms with Gasteiger partial charge < -0.3 is 15.2 Å². The number of hydrogen-bond acceptors (Lipinski definition) is 3. The Labute approximate surface area is 105 Å². The minimum atomic E-state index is -0.0778. The van der Waals surface area contributed by atoms with Crippen LogP contribution in [0.2, 0.25) is 0 Å². The van der Waals surface area contributed by atoms with Gasteiger partial charge in [0.25, 0.3) is 0 Å². The van der Waals surface area contributed by atoms with Gasteiger partial charge in [0.2, 0.25) is 0 Å². The quantitative estimate of drug-likeness (QED) is 0.795. The molecule has 1 aliphatic carbocycles. The van der Waals surface area contributed by atoms with Crippen molar-refractivity contribution in [2.45, 2.75) is 76.7 Å². The van der Waals surface area contributed by atoms with Gasteiger partial charge in [0.15, 0.2) is 0 Å². The van der Waals surface area contributed by atoms with Crippen molar-refractivity contribution in [2.24, 2.45) is 5.92 Å². The highest BCUT2D eigenvalue weighted by molar-refractivity contribution is 4.82. The fourth-order valence-electron chi connectivity index (χ4n) is 3.32. The van der Waals surface area contributed by atoms with E-state index in [1.54, 1.807) is 0 Å². The highest BCUT2D eigenvalue weighted by atomic mass is 16.5. The predicted octanol–water partition coefficient (Wildman–Crippen LogP) is 2.08. The molecule has 4 unspecified atom stereocenters. The first-order valence-electron chi connectivity index (χ1n) is 7.22. The second kappa shape index (κ2) is 6.17. The molecule has 1 aliphatic heterocycles. The van der Waals surface area contributed by atoms with Crippen molar-refractivity contribution in [3.63, 3.8) is 0 Å². The number of aliphatic hydroxyl groups is 1. The minimum absolute atomic E-state index is 0.0778. The monoisotopic (exact) mass is 241 g/mol. The lowest BCUT2D eigenvalue weighted by molar-refractivity contribution is -0.0436. The van der Waals surface area contributed by atoms with Crippen LogP contribution in [0.15, 0.2) is 0 Å². The third-order valence-electron chi connectivity index (χ3n) is 4.24. The molecule has 17 heavy (non-hydrogen) atoms. The summed E-state index contributed by atoms with van der Waals surface area (Å²) in [5, 5.41) is 13.6. The van der Waals surface area contributed by atoms with Crippen LogP contribution in [-0.2, 0) is 4.74 Å². The summed E-state index contributed by atoms with van der Waals surface area (Å²) in [5.41, 5.74) is 0. The Morgan fingerprint density at radius 3 is 2.41 bits per heavy atom. The van der Waals surface area contributed by atoms with Crippen LogP contribution in [0.5, 0.6) is 0 Å². The van der Waals surface area contributed by atoms with E-state index in [0.717, 1.165) is 25.8 Å². The molecule has 1 heterocycles. The number of rotatable bonds is 3. The van der Waals surface area contributed by atoms with Gasteiger partial charge >= 0.3 is 0 Å². The molecule has 0 amide bonds. The molecule has 2 fully saturated rings. The van der Waals surface area contributed by atoms with Gasteiger partial charge in [0, 0.05) is 12.6 Å². The van der Waals surface area contributed by atoms with Gasteiger partial charge in [-0.3, -0.25) is 0 Å². The number of ether oxygens (including phenoxy) is 1. The van der Waals surface area contributed by atoms with Crippen molar-refractivity contribution in [3.8, 4) is 0 Å². The van der Waals surface area contributed by atoms with Crippen LogP contribution < -0.4 is 5.32 Å². The van der Waals surface area contributed by atoms with Crippen molar-refractivity contribution in [1.82, 2.24) is 5.32 Å². The van der Waals surface area contributed by atoms with Crippen molar-refractivity contribution < 1.29 is 9.84 Å². The molecule has 100 valence electrons. The van der Waals surface area contributed by atoms with Gasteiger partial charge in [-0.1, -0.05) is 12.8 Å². The molecule has 2 N–H and O–H groups in total. The van der Waals surface area contributed by atoms with Crippen molar-refractivity contribution in [1.29, 1.82) is 0 Å². The van der Waals surface area contributed by atoms with Crippen LogP contribution >= 0.6 is 0 Å². The van der Waals surface area contributed by atoms with Crippen LogP contribution in [0.1, 0.15) is 52.4 Å². The zero-order chi connectivity index (χ0) is 12.3. The lowest BCUT2D eigenvalue weighted by Crippen LogP contribution is -2.44. The smallest absolute Gasteiger partial charge is 0.0580 e. The first-order chi connectivity index (χ1) is 8.15. The second-order valence-electron chi connectivity index (χ2n) is 5.95. The van der Waals surface area contributed by atoms with Crippen molar-refractivity contribution in [3.05, 3.63) is 0 Å². The van der Waals surface area contributed by atoms with E-state index < -0.39 is 0 Å². The Morgan fingerprint density at radius 2 is 1.76 bits per heavy atom. The molecule has 1 saturated heterocycles. The molecule has 2 rings (SSSR count). The van der Waals surface area contributed by atoms with Gasteiger partial charge in [-0.25, -0.2) is 0 Å². The van der Waals surface area contributed by atoms with E-state index in [-0.39, 0.29) is 6.10 Å². The predicted molar refractivity (Wildman–Crippen MR) is 69.0 cm³/mol. The summed E-state index contributed by atoms with van der Waals surface area (Å²) in [4.78, 5) is 0. The van der Waals surface area contributed by atoms with E-state index in [4.69, 9.17) is 4.74 Å². The van der Waals surface area contributed by atoms with E-state index in [9.17, 15) is 5.11 Å². The zero-order valence-electron chi connectivity index (χ0n) is 11.2. The molecule has 1 saturated carbocycles. The van der Waals surface area contributed by atoms with E-state index in [0.29, 0.717) is 24.2 Å². The average molecular weight is 241 g/mol. The third kappa shape index (κ3) is 3.94. The summed E-state index contributed by atoms with van der Waals surface area (Å²) in [5.74, 6) is 0.470. The van der Waals surface area contributed by atoms with Crippen LogP contribution in [-0.4, -0.2) is 36.0 Å². The molecule has 4 atom stereocenters. The standard InChI is InChI=1S/C14H27NO2/c1-10-7-13(8-11(2)17-10)15-9-12-5-3-4-6-14(12)16/h10-16H,3-9H2,1-2H3. The van der Waals surface area contributed by atoms with Crippen molar-refractivity contribution in [2.75, 3.05) is 6.54 Å². The molecule has 3 heteroatoms. The van der Waals surface area contributed by atoms with Gasteiger partial charge in [-0.15, -0.1) is 0 Å². The first kappa shape index (κ1) is 13.3. The van der Waals surface area contributed by atoms with Gasteiger partial charge in [-0.2, -0.15) is 0 Å². The van der Waals surface area contributed by atoms with E-state index in [2.05, 4.69) is 19.2 Å². The van der Waals surface area contributed by atoms with Crippen LogP contribution in [0.3, 0.4) is 0 Å². The van der Waals surface area contributed by atoms with Gasteiger partial charge in [0.05, 0.1) is 18.3 Å². The molecule has 0 radical (unpaired) electrons. The van der Waals surface area contributed by atoms with E-state index in [1.807, 2.05) is 0 Å². The largest absolute Gasteiger partial charge is 0.393 e. The molecular weight excluding hydrogens is 214 g/mol. The maximum Gasteiger partial charge on any atom is 0.0580 e. The molecule has 0 aromatic rings. The summed E-state index contributed by atoms with van der Waals surface area (Å²) in [6, 6.07) is 0.572.